The highest BCUT2D eigenvalue weighted by atomic mass is 15.5. The summed E-state index contributed by atoms with van der Waals surface area (Å²) in [5, 5.41) is 0. The zero-order valence-corrected chi connectivity index (χ0v) is 20.3. The summed E-state index contributed by atoms with van der Waals surface area (Å²) in [6.07, 6.45) is 6.68. The summed E-state index contributed by atoms with van der Waals surface area (Å²) in [5.41, 5.74) is 5.26. The van der Waals surface area contributed by atoms with E-state index in [4.69, 9.17) is 0 Å². The van der Waals surface area contributed by atoms with Crippen LogP contribution in [0.25, 0.3) is 0 Å². The third kappa shape index (κ3) is 3.91. The molecule has 2 unspecified atom stereocenters. The molecule has 176 valence electrons. The van der Waals surface area contributed by atoms with Gasteiger partial charge in [0.2, 0.25) is 0 Å². The summed E-state index contributed by atoms with van der Waals surface area (Å²) in [6.45, 7) is 0.972. The van der Waals surface area contributed by atoms with Crippen molar-refractivity contribution < 1.29 is 0 Å². The molecule has 1 heterocycles. The van der Waals surface area contributed by atoms with E-state index in [1.165, 1.54) is 54.6 Å². The quantitative estimate of drug-likeness (QED) is 0.297. The van der Waals surface area contributed by atoms with Gasteiger partial charge in [-0.05, 0) is 54.2 Å². The van der Waals surface area contributed by atoms with E-state index in [9.17, 15) is 0 Å². The van der Waals surface area contributed by atoms with E-state index in [0.29, 0.717) is 5.92 Å². The highest BCUT2D eigenvalue weighted by molar-refractivity contribution is 5.64. The van der Waals surface area contributed by atoms with Gasteiger partial charge in [0.05, 0.1) is 5.54 Å². The molecule has 1 saturated carbocycles. The van der Waals surface area contributed by atoms with Crippen molar-refractivity contribution in [1.82, 2.24) is 0 Å². The molecule has 0 N–H and O–H groups in total. The predicted octanol–water partition coefficient (Wildman–Crippen LogP) is 8.19. The van der Waals surface area contributed by atoms with E-state index in [0.717, 1.165) is 6.54 Å². The van der Waals surface area contributed by atoms with Gasteiger partial charge in [-0.25, -0.2) is 0 Å². The smallest absolute Gasteiger partial charge is 0.129 e. The third-order valence-electron chi connectivity index (χ3n) is 8.16. The Kier molecular flexibility index (Phi) is 6.04. The van der Waals surface area contributed by atoms with E-state index >= 15 is 0 Å². The molecular formula is C33H34N2. The molecule has 0 radical (unpaired) electrons. The Labute approximate surface area is 209 Å². The Morgan fingerprint density at radius 2 is 1.06 bits per heavy atom. The Hall–Kier alpha value is -3.52. The van der Waals surface area contributed by atoms with E-state index in [1.807, 2.05) is 0 Å². The fourth-order valence-electron chi connectivity index (χ4n) is 6.65. The van der Waals surface area contributed by atoms with E-state index in [2.05, 4.69) is 131 Å². The molecule has 1 aliphatic carbocycles. The molecule has 2 heteroatoms. The summed E-state index contributed by atoms with van der Waals surface area (Å²) in [5.74, 6) is 0.596. The highest BCUT2D eigenvalue weighted by Crippen LogP contribution is 2.55. The first-order valence-electron chi connectivity index (χ1n) is 13.1. The number of para-hydroxylation sites is 2. The maximum absolute atomic E-state index is 2.78. The average Bonchev–Trinajstić information content (AvgIpc) is 3.33. The molecule has 2 aliphatic rings. The van der Waals surface area contributed by atoms with Crippen molar-refractivity contribution in [1.29, 1.82) is 0 Å². The minimum Gasteiger partial charge on any atom is -0.345 e. The van der Waals surface area contributed by atoms with Gasteiger partial charge in [0, 0.05) is 17.9 Å². The molecule has 2 atom stereocenters. The number of hydrogen-bond acceptors (Lipinski definition) is 2. The zero-order valence-electron chi connectivity index (χ0n) is 20.3. The van der Waals surface area contributed by atoms with Crippen molar-refractivity contribution in [2.45, 2.75) is 43.8 Å². The van der Waals surface area contributed by atoms with Crippen LogP contribution in [0.2, 0.25) is 0 Å². The minimum atomic E-state index is -0.112. The van der Waals surface area contributed by atoms with Crippen LogP contribution < -0.4 is 9.80 Å². The van der Waals surface area contributed by atoms with Crippen LogP contribution in [-0.2, 0) is 5.54 Å². The normalized spacial score (nSPS) is 22.9. The minimum absolute atomic E-state index is 0.112. The van der Waals surface area contributed by atoms with E-state index in [-0.39, 0.29) is 11.7 Å². The van der Waals surface area contributed by atoms with Crippen LogP contribution in [0.5, 0.6) is 0 Å². The van der Waals surface area contributed by atoms with Crippen LogP contribution >= 0.6 is 0 Å². The molecular weight excluding hydrogens is 424 g/mol. The van der Waals surface area contributed by atoms with Gasteiger partial charge in [-0.15, -0.1) is 0 Å². The molecule has 35 heavy (non-hydrogen) atoms. The second-order valence-electron chi connectivity index (χ2n) is 10.1. The van der Waals surface area contributed by atoms with Crippen LogP contribution in [0.15, 0.2) is 121 Å². The van der Waals surface area contributed by atoms with Gasteiger partial charge in [0.1, 0.15) is 6.17 Å². The molecule has 4 aromatic rings. The fraction of sp³-hybridized carbons (Fsp3) is 0.273. The molecule has 4 aromatic carbocycles. The standard InChI is InChI=1S/C33H34N2/c1-6-16-27(17-7-1)32-34(30-22-12-4-13-23-30)26-33(28-18-8-2-9-19-28,29-20-10-3-11-21-29)35(32)31-24-14-5-15-25-31/h1-2,4-9,12-19,22-25,29,32H,3,10-11,20-21,26H2. The van der Waals surface area contributed by atoms with Crippen LogP contribution in [0, 0.1) is 5.92 Å². The Morgan fingerprint density at radius 3 is 1.66 bits per heavy atom. The number of rotatable bonds is 5. The van der Waals surface area contributed by atoms with Crippen molar-refractivity contribution in [2.75, 3.05) is 16.3 Å². The van der Waals surface area contributed by atoms with Gasteiger partial charge in [-0.2, -0.15) is 0 Å². The summed E-state index contributed by atoms with van der Waals surface area (Å²) in [7, 11) is 0. The number of hydrogen-bond donors (Lipinski definition) is 0. The third-order valence-corrected chi connectivity index (χ3v) is 8.16. The van der Waals surface area contributed by atoms with Gasteiger partial charge < -0.3 is 9.80 Å². The maximum Gasteiger partial charge on any atom is 0.129 e. The number of anilines is 2. The first-order valence-corrected chi connectivity index (χ1v) is 13.1. The topological polar surface area (TPSA) is 6.48 Å². The predicted molar refractivity (Wildman–Crippen MR) is 147 cm³/mol. The molecule has 0 amide bonds. The molecule has 0 spiro atoms. The van der Waals surface area contributed by atoms with Crippen LogP contribution in [0.4, 0.5) is 11.4 Å². The molecule has 0 aromatic heterocycles. The molecule has 0 bridgehead atoms. The second kappa shape index (κ2) is 9.62. The van der Waals surface area contributed by atoms with E-state index in [1.54, 1.807) is 0 Å². The Bertz CT molecular complexity index is 1200. The summed E-state index contributed by atoms with van der Waals surface area (Å²) in [4.78, 5) is 5.44. The monoisotopic (exact) mass is 458 g/mol. The molecule has 2 nitrogen and oxygen atoms in total. The number of benzene rings is 4. The Balaban J connectivity index is 1.63. The molecule has 6 rings (SSSR count). The number of nitrogens with zero attached hydrogens (tertiary/aromatic N) is 2. The summed E-state index contributed by atoms with van der Waals surface area (Å²) < 4.78 is 0. The van der Waals surface area contributed by atoms with Gasteiger partial charge >= 0.3 is 0 Å². The molecule has 1 aliphatic heterocycles. The molecule has 2 fully saturated rings. The molecule has 1 saturated heterocycles. The lowest BCUT2D eigenvalue weighted by Gasteiger charge is -2.48. The van der Waals surface area contributed by atoms with Gasteiger partial charge in [-0.3, -0.25) is 0 Å². The highest BCUT2D eigenvalue weighted by Gasteiger charge is 2.56. The van der Waals surface area contributed by atoms with Crippen molar-refractivity contribution in [3.05, 3.63) is 132 Å². The van der Waals surface area contributed by atoms with Crippen LogP contribution in [-0.4, -0.2) is 6.54 Å². The zero-order chi connectivity index (χ0) is 23.5. The van der Waals surface area contributed by atoms with Crippen molar-refractivity contribution in [3.63, 3.8) is 0 Å². The van der Waals surface area contributed by atoms with Crippen LogP contribution in [0.3, 0.4) is 0 Å². The first kappa shape index (κ1) is 22.0. The summed E-state index contributed by atoms with van der Waals surface area (Å²) in [6, 6.07) is 44.6. The lowest BCUT2D eigenvalue weighted by Crippen LogP contribution is -2.50. The average molecular weight is 459 g/mol. The second-order valence-corrected chi connectivity index (χ2v) is 10.1. The fourth-order valence-corrected chi connectivity index (χ4v) is 6.65. The van der Waals surface area contributed by atoms with Crippen molar-refractivity contribution in [2.24, 2.45) is 5.92 Å². The lowest BCUT2D eigenvalue weighted by atomic mass is 9.70. The van der Waals surface area contributed by atoms with Gasteiger partial charge in [-0.1, -0.05) is 116 Å². The Morgan fingerprint density at radius 1 is 0.543 bits per heavy atom. The SMILES string of the molecule is c1ccc(C2N(c3ccccc3)CC(c3ccccc3)(C3CCCCC3)N2c2ccccc2)cc1. The van der Waals surface area contributed by atoms with Gasteiger partial charge in [0.15, 0.2) is 0 Å². The van der Waals surface area contributed by atoms with Crippen molar-refractivity contribution >= 4 is 11.4 Å². The first-order chi connectivity index (χ1) is 17.4. The van der Waals surface area contributed by atoms with Crippen molar-refractivity contribution in [3.8, 4) is 0 Å². The maximum atomic E-state index is 2.78. The largest absolute Gasteiger partial charge is 0.345 e. The summed E-state index contributed by atoms with van der Waals surface area (Å²) >= 11 is 0. The van der Waals surface area contributed by atoms with Crippen LogP contribution in [0.1, 0.15) is 49.4 Å². The lowest BCUT2D eigenvalue weighted by molar-refractivity contribution is 0.217. The van der Waals surface area contributed by atoms with E-state index < -0.39 is 0 Å². The van der Waals surface area contributed by atoms with Gasteiger partial charge in [0.25, 0.3) is 0 Å².